The van der Waals surface area contributed by atoms with Gasteiger partial charge >= 0.3 is 0 Å². The fourth-order valence-corrected chi connectivity index (χ4v) is 1.58. The highest BCUT2D eigenvalue weighted by molar-refractivity contribution is 4.89. The molecule has 0 radical (unpaired) electrons. The van der Waals surface area contributed by atoms with Crippen LogP contribution in [0.2, 0.25) is 0 Å². The number of hydrogen-bond donors (Lipinski definition) is 0. The largest absolute Gasteiger partial charge is 0.364 e. The fourth-order valence-electron chi connectivity index (χ4n) is 1.58. The van der Waals surface area contributed by atoms with Gasteiger partial charge in [0.2, 0.25) is 0 Å². The van der Waals surface area contributed by atoms with Gasteiger partial charge in [0, 0.05) is 26.1 Å². The Morgan fingerprint density at radius 1 is 1.50 bits per heavy atom. The molecule has 1 aliphatic heterocycles. The number of ether oxygens (including phenoxy) is 1. The van der Waals surface area contributed by atoms with Crippen LogP contribution < -0.4 is 0 Å². The Hall–Kier alpha value is -0.0800. The summed E-state index contributed by atoms with van der Waals surface area (Å²) in [6, 6.07) is 0.610. The molecule has 0 aliphatic carbocycles. The minimum absolute atomic E-state index is 0.0359. The van der Waals surface area contributed by atoms with Gasteiger partial charge in [-0.15, -0.1) is 0 Å². The molecule has 0 N–H and O–H groups in total. The van der Waals surface area contributed by atoms with Crippen molar-refractivity contribution >= 4 is 0 Å². The van der Waals surface area contributed by atoms with Crippen LogP contribution in [0.25, 0.3) is 0 Å². The van der Waals surface area contributed by atoms with Gasteiger partial charge in [0.15, 0.2) is 0 Å². The van der Waals surface area contributed by atoms with Crippen LogP contribution in [-0.2, 0) is 4.74 Å². The van der Waals surface area contributed by atoms with Crippen molar-refractivity contribution in [2.24, 2.45) is 0 Å². The molecule has 0 aromatic heterocycles. The van der Waals surface area contributed by atoms with E-state index in [9.17, 15) is 0 Å². The van der Waals surface area contributed by atoms with E-state index in [4.69, 9.17) is 4.74 Å². The van der Waals surface area contributed by atoms with E-state index in [1.165, 1.54) is 13.0 Å². The number of rotatable bonds is 2. The molecule has 0 bridgehead atoms. The standard InChI is InChI=1S/C8H17NO/c1-7(2)9-6-5-8(9,3)10-4/h7H,5-6H2,1-4H3. The summed E-state index contributed by atoms with van der Waals surface area (Å²) in [5, 5.41) is 0. The van der Waals surface area contributed by atoms with Gasteiger partial charge in [-0.05, 0) is 20.8 Å². The van der Waals surface area contributed by atoms with Crippen LogP contribution in [0.4, 0.5) is 0 Å². The Morgan fingerprint density at radius 3 is 2.20 bits per heavy atom. The summed E-state index contributed by atoms with van der Waals surface area (Å²) >= 11 is 0. The zero-order chi connectivity index (χ0) is 7.78. The molecule has 60 valence electrons. The highest BCUT2D eigenvalue weighted by atomic mass is 16.5. The maximum absolute atomic E-state index is 5.37. The van der Waals surface area contributed by atoms with Gasteiger partial charge in [0.05, 0.1) is 0 Å². The molecule has 1 aliphatic rings. The lowest BCUT2D eigenvalue weighted by molar-refractivity contribution is -0.201. The van der Waals surface area contributed by atoms with Crippen LogP contribution in [0, 0.1) is 0 Å². The molecular weight excluding hydrogens is 126 g/mol. The first-order valence-electron chi connectivity index (χ1n) is 3.92. The Bertz CT molecular complexity index is 120. The van der Waals surface area contributed by atoms with Crippen molar-refractivity contribution in [3.8, 4) is 0 Å². The van der Waals surface area contributed by atoms with E-state index in [-0.39, 0.29) is 5.72 Å². The second-order valence-electron chi connectivity index (χ2n) is 3.42. The van der Waals surface area contributed by atoms with Crippen molar-refractivity contribution in [3.63, 3.8) is 0 Å². The van der Waals surface area contributed by atoms with Crippen LogP contribution in [0.1, 0.15) is 27.2 Å². The zero-order valence-electron chi connectivity index (χ0n) is 7.35. The van der Waals surface area contributed by atoms with Crippen LogP contribution in [-0.4, -0.2) is 30.3 Å². The summed E-state index contributed by atoms with van der Waals surface area (Å²) in [6.07, 6.45) is 1.17. The molecule has 2 nitrogen and oxygen atoms in total. The van der Waals surface area contributed by atoms with E-state index in [0.717, 1.165) is 0 Å². The molecule has 0 amide bonds. The highest BCUT2D eigenvalue weighted by Gasteiger charge is 2.41. The maximum atomic E-state index is 5.37. The van der Waals surface area contributed by atoms with Gasteiger partial charge in [-0.2, -0.15) is 0 Å². The summed E-state index contributed by atoms with van der Waals surface area (Å²) in [7, 11) is 1.79. The van der Waals surface area contributed by atoms with Crippen molar-refractivity contribution in [1.29, 1.82) is 0 Å². The van der Waals surface area contributed by atoms with Gasteiger partial charge in [-0.3, -0.25) is 4.90 Å². The summed E-state index contributed by atoms with van der Waals surface area (Å²) in [5.41, 5.74) is 0.0359. The normalized spacial score (nSPS) is 34.5. The first kappa shape index (κ1) is 8.02. The van der Waals surface area contributed by atoms with Gasteiger partial charge in [0.25, 0.3) is 0 Å². The molecular formula is C8H17NO. The van der Waals surface area contributed by atoms with Crippen molar-refractivity contribution in [1.82, 2.24) is 4.90 Å². The van der Waals surface area contributed by atoms with Crippen molar-refractivity contribution in [2.45, 2.75) is 39.0 Å². The molecule has 0 spiro atoms. The molecule has 1 rings (SSSR count). The smallest absolute Gasteiger partial charge is 0.119 e. The number of hydrogen-bond acceptors (Lipinski definition) is 2. The molecule has 1 saturated heterocycles. The van der Waals surface area contributed by atoms with Gasteiger partial charge < -0.3 is 4.74 Å². The number of likely N-dealkylation sites (tertiary alicyclic amines) is 1. The summed E-state index contributed by atoms with van der Waals surface area (Å²) in [4.78, 5) is 2.37. The molecule has 1 atom stereocenters. The van der Waals surface area contributed by atoms with E-state index >= 15 is 0 Å². The predicted octanol–water partition coefficient (Wildman–Crippen LogP) is 1.46. The molecule has 1 heterocycles. The molecule has 0 saturated carbocycles. The molecule has 1 unspecified atom stereocenters. The minimum atomic E-state index is 0.0359. The Labute approximate surface area is 63.2 Å². The monoisotopic (exact) mass is 143 g/mol. The second kappa shape index (κ2) is 2.51. The van der Waals surface area contributed by atoms with Crippen molar-refractivity contribution in [3.05, 3.63) is 0 Å². The SMILES string of the molecule is COC1(C)CCN1C(C)C. The first-order chi connectivity index (χ1) is 4.60. The average molecular weight is 143 g/mol. The lowest BCUT2D eigenvalue weighted by Crippen LogP contribution is -2.61. The Balaban J connectivity index is 2.49. The molecule has 10 heavy (non-hydrogen) atoms. The third-order valence-electron chi connectivity index (χ3n) is 2.49. The van der Waals surface area contributed by atoms with Crippen LogP contribution in [0.5, 0.6) is 0 Å². The molecule has 0 aromatic rings. The Morgan fingerprint density at radius 2 is 2.10 bits per heavy atom. The lowest BCUT2D eigenvalue weighted by atomic mass is 9.98. The Kier molecular flexibility index (Phi) is 2.02. The first-order valence-corrected chi connectivity index (χ1v) is 3.92. The summed E-state index contributed by atoms with van der Waals surface area (Å²) in [5.74, 6) is 0. The van der Waals surface area contributed by atoms with Crippen LogP contribution in [0.3, 0.4) is 0 Å². The topological polar surface area (TPSA) is 12.5 Å². The van der Waals surface area contributed by atoms with Crippen molar-refractivity contribution < 1.29 is 4.74 Å². The van der Waals surface area contributed by atoms with E-state index in [1.54, 1.807) is 7.11 Å². The summed E-state index contributed by atoms with van der Waals surface area (Å²) < 4.78 is 5.37. The second-order valence-corrected chi connectivity index (χ2v) is 3.42. The van der Waals surface area contributed by atoms with E-state index < -0.39 is 0 Å². The van der Waals surface area contributed by atoms with E-state index in [2.05, 4.69) is 25.7 Å². The van der Waals surface area contributed by atoms with Crippen molar-refractivity contribution in [2.75, 3.05) is 13.7 Å². The predicted molar refractivity (Wildman–Crippen MR) is 41.9 cm³/mol. The number of methoxy groups -OCH3 is 1. The van der Waals surface area contributed by atoms with Gasteiger partial charge in [-0.1, -0.05) is 0 Å². The highest BCUT2D eigenvalue weighted by Crippen LogP contribution is 2.32. The third kappa shape index (κ3) is 1.06. The molecule has 2 heteroatoms. The number of nitrogens with zero attached hydrogens (tertiary/aromatic N) is 1. The van der Waals surface area contributed by atoms with Gasteiger partial charge in [0.1, 0.15) is 5.72 Å². The molecule has 1 fully saturated rings. The third-order valence-corrected chi connectivity index (χ3v) is 2.49. The quantitative estimate of drug-likeness (QED) is 0.580. The van der Waals surface area contributed by atoms with Crippen LogP contribution in [0.15, 0.2) is 0 Å². The van der Waals surface area contributed by atoms with Crippen LogP contribution >= 0.6 is 0 Å². The lowest BCUT2D eigenvalue weighted by Gasteiger charge is -2.51. The minimum Gasteiger partial charge on any atom is -0.364 e. The van der Waals surface area contributed by atoms with E-state index in [1.807, 2.05) is 0 Å². The van der Waals surface area contributed by atoms with E-state index in [0.29, 0.717) is 6.04 Å². The zero-order valence-corrected chi connectivity index (χ0v) is 7.35. The van der Waals surface area contributed by atoms with Gasteiger partial charge in [-0.25, -0.2) is 0 Å². The average Bonchev–Trinajstić information content (AvgIpc) is 1.83. The molecule has 0 aromatic carbocycles. The fraction of sp³-hybridized carbons (Fsp3) is 1.00. The summed E-state index contributed by atoms with van der Waals surface area (Å²) in [6.45, 7) is 7.74. The maximum Gasteiger partial charge on any atom is 0.119 e.